The number of likely N-dealkylation sites (tertiary alicyclic amines) is 1. The van der Waals surface area contributed by atoms with E-state index in [2.05, 4.69) is 39.5 Å². The number of aromatic amines is 1. The van der Waals surface area contributed by atoms with Crippen molar-refractivity contribution >= 4 is 5.91 Å². The summed E-state index contributed by atoms with van der Waals surface area (Å²) >= 11 is 0. The first kappa shape index (κ1) is 13.6. The number of carbonyl (C=O) groups is 1. The minimum atomic E-state index is -0.152. The van der Waals surface area contributed by atoms with E-state index in [1.807, 2.05) is 0 Å². The summed E-state index contributed by atoms with van der Waals surface area (Å²) < 4.78 is 0. The van der Waals surface area contributed by atoms with Gasteiger partial charge in [0.2, 0.25) is 5.91 Å². The van der Waals surface area contributed by atoms with Gasteiger partial charge in [-0.3, -0.25) is 10.1 Å². The average molecular weight is 277 g/mol. The summed E-state index contributed by atoms with van der Waals surface area (Å²) in [6.45, 7) is 3.96. The molecule has 6 nitrogen and oxygen atoms in total. The number of fused-ring (bicyclic) bond motifs is 1. The molecule has 0 aliphatic carbocycles. The van der Waals surface area contributed by atoms with Crippen LogP contribution < -0.4 is 10.6 Å². The third kappa shape index (κ3) is 2.71. The fourth-order valence-corrected chi connectivity index (χ4v) is 3.08. The predicted molar refractivity (Wildman–Crippen MR) is 76.2 cm³/mol. The van der Waals surface area contributed by atoms with Crippen LogP contribution in [-0.4, -0.2) is 52.5 Å². The van der Waals surface area contributed by atoms with Gasteiger partial charge >= 0.3 is 0 Å². The molecule has 2 aliphatic heterocycles. The maximum atomic E-state index is 12.4. The highest BCUT2D eigenvalue weighted by Crippen LogP contribution is 2.17. The molecule has 0 bridgehead atoms. The molecule has 6 heteroatoms. The Kier molecular flexibility index (Phi) is 3.76. The molecule has 110 valence electrons. The van der Waals surface area contributed by atoms with E-state index in [4.69, 9.17) is 0 Å². The molecule has 3 heterocycles. The van der Waals surface area contributed by atoms with Crippen molar-refractivity contribution in [1.82, 2.24) is 25.5 Å². The lowest BCUT2D eigenvalue weighted by Crippen LogP contribution is -2.53. The van der Waals surface area contributed by atoms with Crippen LogP contribution in [0.2, 0.25) is 0 Å². The highest BCUT2D eigenvalue weighted by molar-refractivity contribution is 5.82. The molecule has 3 unspecified atom stereocenters. The van der Waals surface area contributed by atoms with Crippen molar-refractivity contribution in [3.8, 4) is 0 Å². The quantitative estimate of drug-likeness (QED) is 0.713. The number of hydrogen-bond acceptors (Lipinski definition) is 4. The second kappa shape index (κ2) is 5.54. The summed E-state index contributed by atoms with van der Waals surface area (Å²) in [4.78, 5) is 22.1. The van der Waals surface area contributed by atoms with Crippen LogP contribution in [0.3, 0.4) is 0 Å². The molecule has 0 saturated carbocycles. The molecule has 0 spiro atoms. The van der Waals surface area contributed by atoms with E-state index in [0.717, 1.165) is 30.8 Å². The summed E-state index contributed by atoms with van der Waals surface area (Å²) in [6.07, 6.45) is 4.44. The van der Waals surface area contributed by atoms with Crippen molar-refractivity contribution in [2.45, 2.75) is 50.9 Å². The largest absolute Gasteiger partial charge is 0.352 e. The highest BCUT2D eigenvalue weighted by Gasteiger charge is 2.29. The summed E-state index contributed by atoms with van der Waals surface area (Å²) in [5, 5.41) is 6.47. The van der Waals surface area contributed by atoms with Gasteiger partial charge in [-0.25, -0.2) is 4.98 Å². The second-order valence-corrected chi connectivity index (χ2v) is 6.02. The van der Waals surface area contributed by atoms with Gasteiger partial charge in [-0.15, -0.1) is 0 Å². The van der Waals surface area contributed by atoms with E-state index in [9.17, 15) is 4.79 Å². The minimum absolute atomic E-state index is 0.111. The van der Waals surface area contributed by atoms with E-state index in [1.165, 1.54) is 0 Å². The highest BCUT2D eigenvalue weighted by atomic mass is 16.2. The first-order chi connectivity index (χ1) is 9.63. The molecular weight excluding hydrogens is 254 g/mol. The Morgan fingerprint density at radius 3 is 3.20 bits per heavy atom. The van der Waals surface area contributed by atoms with E-state index >= 15 is 0 Å². The molecule has 1 aromatic heterocycles. The molecule has 1 fully saturated rings. The molecule has 3 rings (SSSR count). The van der Waals surface area contributed by atoms with Gasteiger partial charge in [-0.2, -0.15) is 0 Å². The number of piperidine rings is 1. The Balaban J connectivity index is 1.55. The van der Waals surface area contributed by atoms with Crippen molar-refractivity contribution < 1.29 is 4.79 Å². The number of H-pyrrole nitrogens is 1. The van der Waals surface area contributed by atoms with Crippen molar-refractivity contribution in [3.63, 3.8) is 0 Å². The summed E-state index contributed by atoms with van der Waals surface area (Å²) in [6, 6.07) is 0.683. The fourth-order valence-electron chi connectivity index (χ4n) is 3.08. The van der Waals surface area contributed by atoms with E-state index in [-0.39, 0.29) is 11.9 Å². The van der Waals surface area contributed by atoms with E-state index in [1.54, 1.807) is 6.33 Å². The van der Waals surface area contributed by atoms with Crippen molar-refractivity contribution in [3.05, 3.63) is 17.7 Å². The molecular formula is C14H23N5O. The summed E-state index contributed by atoms with van der Waals surface area (Å²) in [5.74, 6) is 0.111. The Labute approximate surface area is 119 Å². The van der Waals surface area contributed by atoms with Crippen LogP contribution in [0.4, 0.5) is 0 Å². The Hall–Kier alpha value is -1.40. The van der Waals surface area contributed by atoms with Crippen molar-refractivity contribution in [2.24, 2.45) is 0 Å². The molecule has 3 atom stereocenters. The molecule has 1 amide bonds. The van der Waals surface area contributed by atoms with Gasteiger partial charge in [0, 0.05) is 31.6 Å². The topological polar surface area (TPSA) is 73.0 Å². The standard InChI is InChI=1S/C14H23N5O/c1-9-5-10(3-4-19(9)2)18-14(20)12-6-11-13(7-15-12)17-8-16-11/h8-10,12,15H,3-7H2,1-2H3,(H,16,17)(H,18,20). The third-order valence-electron chi connectivity index (χ3n) is 4.60. The smallest absolute Gasteiger partial charge is 0.237 e. The lowest BCUT2D eigenvalue weighted by atomic mass is 9.97. The van der Waals surface area contributed by atoms with Crippen LogP contribution in [0.25, 0.3) is 0 Å². The maximum Gasteiger partial charge on any atom is 0.237 e. The fraction of sp³-hybridized carbons (Fsp3) is 0.714. The van der Waals surface area contributed by atoms with Gasteiger partial charge in [-0.05, 0) is 26.8 Å². The van der Waals surface area contributed by atoms with Gasteiger partial charge in [0.05, 0.1) is 23.8 Å². The zero-order valence-electron chi connectivity index (χ0n) is 12.1. The lowest BCUT2D eigenvalue weighted by molar-refractivity contribution is -0.124. The molecule has 20 heavy (non-hydrogen) atoms. The van der Waals surface area contributed by atoms with Crippen LogP contribution in [0.15, 0.2) is 6.33 Å². The summed E-state index contributed by atoms with van der Waals surface area (Å²) in [7, 11) is 2.14. The zero-order valence-corrected chi connectivity index (χ0v) is 12.1. The van der Waals surface area contributed by atoms with Crippen LogP contribution in [0.5, 0.6) is 0 Å². The molecule has 1 aromatic rings. The molecule has 0 aromatic carbocycles. The van der Waals surface area contributed by atoms with Crippen LogP contribution in [-0.2, 0) is 17.8 Å². The number of carbonyl (C=O) groups excluding carboxylic acids is 1. The number of amides is 1. The first-order valence-electron chi connectivity index (χ1n) is 7.38. The van der Waals surface area contributed by atoms with E-state index in [0.29, 0.717) is 25.0 Å². The van der Waals surface area contributed by atoms with Gasteiger partial charge < -0.3 is 15.2 Å². The number of nitrogens with one attached hydrogen (secondary N) is 3. The van der Waals surface area contributed by atoms with Crippen LogP contribution >= 0.6 is 0 Å². The number of aromatic nitrogens is 2. The minimum Gasteiger partial charge on any atom is -0.352 e. The number of hydrogen-bond donors (Lipinski definition) is 3. The average Bonchev–Trinajstić information content (AvgIpc) is 2.90. The van der Waals surface area contributed by atoms with Crippen molar-refractivity contribution in [2.75, 3.05) is 13.6 Å². The Morgan fingerprint density at radius 2 is 2.40 bits per heavy atom. The normalized spacial score (nSPS) is 30.8. The van der Waals surface area contributed by atoms with Gasteiger partial charge in [0.15, 0.2) is 0 Å². The van der Waals surface area contributed by atoms with Crippen molar-refractivity contribution in [1.29, 1.82) is 0 Å². The van der Waals surface area contributed by atoms with E-state index < -0.39 is 0 Å². The lowest BCUT2D eigenvalue weighted by Gasteiger charge is -2.36. The van der Waals surface area contributed by atoms with Crippen LogP contribution in [0, 0.1) is 0 Å². The molecule has 0 radical (unpaired) electrons. The monoisotopic (exact) mass is 277 g/mol. The van der Waals surface area contributed by atoms with Gasteiger partial charge in [0.1, 0.15) is 0 Å². The number of imidazole rings is 1. The number of nitrogens with zero attached hydrogens (tertiary/aromatic N) is 2. The second-order valence-electron chi connectivity index (χ2n) is 6.02. The molecule has 1 saturated heterocycles. The van der Waals surface area contributed by atoms with Gasteiger partial charge in [0.25, 0.3) is 0 Å². The molecule has 2 aliphatic rings. The molecule has 3 N–H and O–H groups in total. The first-order valence-corrected chi connectivity index (χ1v) is 7.38. The SMILES string of the molecule is CC1CC(NC(=O)C2Cc3nc[nH]c3CN2)CCN1C. The Bertz CT molecular complexity index is 486. The van der Waals surface area contributed by atoms with Gasteiger partial charge in [-0.1, -0.05) is 0 Å². The zero-order chi connectivity index (χ0) is 14.1. The Morgan fingerprint density at radius 1 is 1.55 bits per heavy atom. The predicted octanol–water partition coefficient (Wildman–Crippen LogP) is 0.0229. The number of rotatable bonds is 2. The maximum absolute atomic E-state index is 12.4. The summed E-state index contributed by atoms with van der Waals surface area (Å²) in [5.41, 5.74) is 2.11. The third-order valence-corrected chi connectivity index (χ3v) is 4.60. The van der Waals surface area contributed by atoms with Crippen LogP contribution in [0.1, 0.15) is 31.2 Å².